The van der Waals surface area contributed by atoms with Gasteiger partial charge in [-0.2, -0.15) is 8.42 Å². The second-order valence-electron chi connectivity index (χ2n) is 6.32. The number of nitrogens with zero attached hydrogens (tertiary/aromatic N) is 1. The second-order valence-corrected chi connectivity index (χ2v) is 7.88. The number of amides is 2. The largest absolute Gasteiger partial charge is 0.452 e. The number of hydrogen-bond acceptors (Lipinski definition) is 7. The maximum atomic E-state index is 12.7. The number of hydrogen-bond donors (Lipinski definition) is 0. The van der Waals surface area contributed by atoms with E-state index in [9.17, 15) is 22.8 Å². The minimum atomic E-state index is -4.09. The van der Waals surface area contributed by atoms with Crippen LogP contribution in [0, 0.1) is 11.8 Å². The van der Waals surface area contributed by atoms with E-state index in [0.717, 1.165) is 6.26 Å². The molecule has 0 saturated heterocycles. The summed E-state index contributed by atoms with van der Waals surface area (Å²) in [4.78, 5) is 36.6. The maximum Gasteiger partial charge on any atom is 0.306 e. The molecule has 3 rings (SSSR count). The molecule has 150 valence electrons. The van der Waals surface area contributed by atoms with Crippen LogP contribution in [0.4, 0.5) is 0 Å². The first-order chi connectivity index (χ1) is 13.7. The van der Waals surface area contributed by atoms with Crippen molar-refractivity contribution in [1.82, 2.24) is 5.06 Å². The van der Waals surface area contributed by atoms with Crippen LogP contribution in [-0.4, -0.2) is 44.1 Å². The van der Waals surface area contributed by atoms with Crippen LogP contribution >= 0.6 is 0 Å². The Bertz CT molecular complexity index is 1190. The molecule has 0 bridgehead atoms. The Kier molecular flexibility index (Phi) is 5.68. The van der Waals surface area contributed by atoms with Crippen LogP contribution in [-0.2, 0) is 23.9 Å². The summed E-state index contributed by atoms with van der Waals surface area (Å²) in [6.07, 6.45) is 1.73. The van der Waals surface area contributed by atoms with Crippen LogP contribution < -0.4 is 0 Å². The smallest absolute Gasteiger partial charge is 0.306 e. The van der Waals surface area contributed by atoms with Crippen molar-refractivity contribution < 1.29 is 31.8 Å². The van der Waals surface area contributed by atoms with Gasteiger partial charge >= 0.3 is 5.97 Å². The molecule has 9 heteroatoms. The molecule has 0 N–H and O–H groups in total. The Morgan fingerprint density at radius 2 is 1.86 bits per heavy atom. The van der Waals surface area contributed by atoms with E-state index in [0.29, 0.717) is 29.2 Å². The SMILES string of the molecule is CCCC(=O)OCC#Cc1cc2c3c(cccc3c1)C(=O)N(OS(C)(=O)=O)C2=O. The van der Waals surface area contributed by atoms with E-state index >= 15 is 0 Å². The van der Waals surface area contributed by atoms with Crippen LogP contribution in [0.2, 0.25) is 0 Å². The Hall–Kier alpha value is -3.22. The Labute approximate surface area is 167 Å². The average Bonchev–Trinajstić information content (AvgIpc) is 2.66. The van der Waals surface area contributed by atoms with Crippen molar-refractivity contribution in [3.63, 3.8) is 0 Å². The summed E-state index contributed by atoms with van der Waals surface area (Å²) < 4.78 is 32.5. The van der Waals surface area contributed by atoms with Gasteiger partial charge in [0.05, 0.1) is 17.4 Å². The summed E-state index contributed by atoms with van der Waals surface area (Å²) >= 11 is 0. The fourth-order valence-electron chi connectivity index (χ4n) is 2.89. The van der Waals surface area contributed by atoms with Crippen molar-refractivity contribution in [3.8, 4) is 11.8 Å². The highest BCUT2D eigenvalue weighted by molar-refractivity contribution is 7.85. The van der Waals surface area contributed by atoms with Gasteiger partial charge in [0, 0.05) is 17.4 Å². The van der Waals surface area contributed by atoms with Crippen LogP contribution in [0.3, 0.4) is 0 Å². The van der Waals surface area contributed by atoms with Gasteiger partial charge in [-0.1, -0.05) is 30.9 Å². The zero-order valence-corrected chi connectivity index (χ0v) is 16.5. The van der Waals surface area contributed by atoms with Crippen molar-refractivity contribution >= 4 is 38.7 Å². The molecule has 1 aliphatic rings. The number of imide groups is 1. The number of hydroxylamine groups is 2. The standard InChI is InChI=1S/C20H17NO7S/c1-3-6-17(22)27-10-5-7-13-11-14-8-4-9-15-18(14)16(12-13)20(24)21(19(15)23)28-29(2,25)26/h4,8-9,11-12H,3,6,10H2,1-2H3. The molecule has 2 aromatic carbocycles. The predicted molar refractivity (Wildman–Crippen MR) is 103 cm³/mol. The summed E-state index contributed by atoms with van der Waals surface area (Å²) in [6.45, 7) is 1.77. The van der Waals surface area contributed by atoms with Gasteiger partial charge in [-0.05, 0) is 30.0 Å². The normalized spacial score (nSPS) is 13.2. The van der Waals surface area contributed by atoms with Gasteiger partial charge < -0.3 is 4.74 Å². The van der Waals surface area contributed by atoms with Crippen LogP contribution in [0.1, 0.15) is 46.0 Å². The van der Waals surface area contributed by atoms with Crippen LogP contribution in [0.5, 0.6) is 0 Å². The minimum absolute atomic E-state index is 0.0913. The van der Waals surface area contributed by atoms with Gasteiger partial charge in [-0.3, -0.25) is 14.4 Å². The molecule has 29 heavy (non-hydrogen) atoms. The van der Waals surface area contributed by atoms with Gasteiger partial charge in [-0.25, -0.2) is 0 Å². The van der Waals surface area contributed by atoms with Crippen LogP contribution in [0.25, 0.3) is 10.8 Å². The second kappa shape index (κ2) is 8.03. The van der Waals surface area contributed by atoms with E-state index in [1.807, 2.05) is 6.92 Å². The third-order valence-electron chi connectivity index (χ3n) is 4.01. The molecule has 0 fully saturated rings. The average molecular weight is 415 g/mol. The predicted octanol–water partition coefficient (Wildman–Crippen LogP) is 2.02. The first-order valence-electron chi connectivity index (χ1n) is 8.71. The molecule has 0 atom stereocenters. The lowest BCUT2D eigenvalue weighted by Crippen LogP contribution is -2.41. The molecule has 0 saturated carbocycles. The highest BCUT2D eigenvalue weighted by Crippen LogP contribution is 2.31. The molecular formula is C20H17NO7S. The van der Waals surface area contributed by atoms with Crippen molar-refractivity contribution in [3.05, 3.63) is 47.0 Å². The van der Waals surface area contributed by atoms with Gasteiger partial charge in [-0.15, -0.1) is 9.35 Å². The monoisotopic (exact) mass is 415 g/mol. The number of ether oxygens (including phenoxy) is 1. The van der Waals surface area contributed by atoms with Gasteiger partial charge in [0.15, 0.2) is 6.61 Å². The molecule has 1 aliphatic heterocycles. The summed E-state index contributed by atoms with van der Waals surface area (Å²) in [7, 11) is -4.09. The highest BCUT2D eigenvalue weighted by Gasteiger charge is 2.36. The van der Waals surface area contributed by atoms with Crippen molar-refractivity contribution in [1.29, 1.82) is 0 Å². The summed E-state index contributed by atoms with van der Waals surface area (Å²) in [6, 6.07) is 7.94. The van der Waals surface area contributed by atoms with Crippen molar-refractivity contribution in [2.75, 3.05) is 12.9 Å². The zero-order valence-electron chi connectivity index (χ0n) is 15.7. The first kappa shape index (κ1) is 20.5. The number of carbonyl (C=O) groups is 3. The first-order valence-corrected chi connectivity index (χ1v) is 10.5. The van der Waals surface area contributed by atoms with E-state index in [4.69, 9.17) is 4.74 Å². The lowest BCUT2D eigenvalue weighted by molar-refractivity contribution is -0.142. The Balaban J connectivity index is 1.99. The molecule has 0 aliphatic carbocycles. The Morgan fingerprint density at radius 3 is 2.55 bits per heavy atom. The number of esters is 1. The number of rotatable bonds is 5. The number of carbonyl (C=O) groups excluding carboxylic acids is 3. The number of benzene rings is 2. The highest BCUT2D eigenvalue weighted by atomic mass is 32.2. The van der Waals surface area contributed by atoms with Crippen molar-refractivity contribution in [2.45, 2.75) is 19.8 Å². The third kappa shape index (κ3) is 4.45. The zero-order chi connectivity index (χ0) is 21.2. The maximum absolute atomic E-state index is 12.7. The third-order valence-corrected chi connectivity index (χ3v) is 4.43. The summed E-state index contributed by atoms with van der Waals surface area (Å²) in [5.74, 6) is 3.40. The van der Waals surface area contributed by atoms with Gasteiger partial charge in [0.25, 0.3) is 21.9 Å². The van der Waals surface area contributed by atoms with E-state index in [1.165, 1.54) is 12.1 Å². The lowest BCUT2D eigenvalue weighted by atomic mass is 9.93. The van der Waals surface area contributed by atoms with E-state index < -0.39 is 21.9 Å². The van der Waals surface area contributed by atoms with Gasteiger partial charge in [0.2, 0.25) is 0 Å². The summed E-state index contributed by atoms with van der Waals surface area (Å²) in [5.41, 5.74) is 0.681. The molecular weight excluding hydrogens is 398 g/mol. The molecule has 8 nitrogen and oxygen atoms in total. The van der Waals surface area contributed by atoms with Gasteiger partial charge in [0.1, 0.15) is 0 Å². The van der Waals surface area contributed by atoms with E-state index in [-0.39, 0.29) is 28.8 Å². The Morgan fingerprint density at radius 1 is 1.14 bits per heavy atom. The molecule has 0 radical (unpaired) electrons. The molecule has 0 spiro atoms. The molecule has 0 aromatic heterocycles. The minimum Gasteiger partial charge on any atom is -0.452 e. The summed E-state index contributed by atoms with van der Waals surface area (Å²) in [5, 5.41) is 1.22. The molecule has 2 amide bonds. The molecule has 1 heterocycles. The molecule has 0 unspecified atom stereocenters. The van der Waals surface area contributed by atoms with Crippen molar-refractivity contribution in [2.24, 2.45) is 0 Å². The van der Waals surface area contributed by atoms with E-state index in [1.54, 1.807) is 18.2 Å². The fourth-order valence-corrected chi connectivity index (χ4v) is 3.30. The fraction of sp³-hybridized carbons (Fsp3) is 0.250. The van der Waals surface area contributed by atoms with E-state index in [2.05, 4.69) is 16.1 Å². The molecule has 2 aromatic rings. The lowest BCUT2D eigenvalue weighted by Gasteiger charge is -2.24. The topological polar surface area (TPSA) is 107 Å². The van der Waals surface area contributed by atoms with Crippen LogP contribution in [0.15, 0.2) is 30.3 Å². The quantitative estimate of drug-likeness (QED) is 0.418.